The van der Waals surface area contributed by atoms with Crippen molar-refractivity contribution in [2.45, 2.75) is 13.5 Å². The summed E-state index contributed by atoms with van der Waals surface area (Å²) < 4.78 is 25.6. The molecule has 0 saturated carbocycles. The van der Waals surface area contributed by atoms with E-state index in [2.05, 4.69) is 15.6 Å². The van der Waals surface area contributed by atoms with Crippen LogP contribution in [-0.4, -0.2) is 29.6 Å². The summed E-state index contributed by atoms with van der Waals surface area (Å²) in [5.41, 5.74) is 3.13. The Balaban J connectivity index is 1.45. The second-order valence-corrected chi connectivity index (χ2v) is 7.83. The van der Waals surface area contributed by atoms with Crippen molar-refractivity contribution in [1.29, 1.82) is 0 Å². The maximum atomic E-state index is 13.2. The van der Waals surface area contributed by atoms with Crippen molar-refractivity contribution < 1.29 is 18.7 Å². The first-order valence-corrected chi connectivity index (χ1v) is 10.3. The zero-order chi connectivity index (χ0) is 22.0. The number of imidazole rings is 1. The summed E-state index contributed by atoms with van der Waals surface area (Å²) in [5.74, 6) is 0.873. The Morgan fingerprint density at radius 3 is 2.61 bits per heavy atom. The number of rotatable bonds is 6. The van der Waals surface area contributed by atoms with Crippen LogP contribution >= 0.6 is 11.3 Å². The molecule has 0 bridgehead atoms. The first-order valence-electron chi connectivity index (χ1n) is 9.48. The summed E-state index contributed by atoms with van der Waals surface area (Å²) in [7, 11) is 3.10. The Hall–Kier alpha value is -3.59. The minimum absolute atomic E-state index is 0.279. The summed E-state index contributed by atoms with van der Waals surface area (Å²) in [6.45, 7) is 2.32. The molecule has 31 heavy (non-hydrogen) atoms. The molecule has 9 heteroatoms. The number of nitrogens with one attached hydrogen (secondary N) is 2. The molecule has 4 rings (SSSR count). The number of aryl methyl sites for hydroxylation is 1. The summed E-state index contributed by atoms with van der Waals surface area (Å²) >= 11 is 1.50. The molecule has 2 amide bonds. The summed E-state index contributed by atoms with van der Waals surface area (Å²) in [5, 5.41) is 5.65. The molecule has 7 nitrogen and oxygen atoms in total. The van der Waals surface area contributed by atoms with E-state index in [4.69, 9.17) is 9.47 Å². The number of urea groups is 1. The number of benzene rings is 2. The van der Waals surface area contributed by atoms with E-state index in [9.17, 15) is 9.18 Å². The lowest BCUT2D eigenvalue weighted by molar-refractivity contribution is 0.251. The third kappa shape index (κ3) is 4.31. The summed E-state index contributed by atoms with van der Waals surface area (Å²) in [6.07, 6.45) is 1.92. The van der Waals surface area contributed by atoms with Crippen molar-refractivity contribution in [3.8, 4) is 22.8 Å². The molecule has 4 aromatic rings. The van der Waals surface area contributed by atoms with E-state index in [0.29, 0.717) is 23.7 Å². The van der Waals surface area contributed by atoms with Crippen LogP contribution in [0.2, 0.25) is 0 Å². The lowest BCUT2D eigenvalue weighted by atomic mass is 10.2. The van der Waals surface area contributed by atoms with Gasteiger partial charge in [0.1, 0.15) is 17.3 Å². The molecular formula is C22H21FN4O3S. The highest BCUT2D eigenvalue weighted by Gasteiger charge is 2.14. The Labute approximate surface area is 182 Å². The van der Waals surface area contributed by atoms with Crippen LogP contribution < -0.4 is 20.1 Å². The highest BCUT2D eigenvalue weighted by atomic mass is 32.1. The van der Waals surface area contributed by atoms with E-state index in [-0.39, 0.29) is 11.8 Å². The number of halogens is 1. The van der Waals surface area contributed by atoms with E-state index >= 15 is 0 Å². The Morgan fingerprint density at radius 2 is 1.94 bits per heavy atom. The second kappa shape index (κ2) is 8.65. The van der Waals surface area contributed by atoms with Crippen LogP contribution in [0.4, 0.5) is 14.9 Å². The van der Waals surface area contributed by atoms with Gasteiger partial charge in [-0.2, -0.15) is 0 Å². The number of thiazole rings is 1. The maximum absolute atomic E-state index is 13.2. The van der Waals surface area contributed by atoms with E-state index in [0.717, 1.165) is 26.8 Å². The van der Waals surface area contributed by atoms with Crippen LogP contribution in [0.1, 0.15) is 10.6 Å². The highest BCUT2D eigenvalue weighted by Crippen LogP contribution is 2.29. The highest BCUT2D eigenvalue weighted by molar-refractivity contribution is 7.17. The molecule has 0 saturated heterocycles. The van der Waals surface area contributed by atoms with E-state index in [1.807, 2.05) is 17.5 Å². The number of aromatic nitrogens is 2. The summed E-state index contributed by atoms with van der Waals surface area (Å²) in [6, 6.07) is 11.1. The lowest BCUT2D eigenvalue weighted by Gasteiger charge is -2.12. The molecule has 0 atom stereocenters. The molecule has 0 aliphatic heterocycles. The third-order valence-electron chi connectivity index (χ3n) is 4.86. The largest absolute Gasteiger partial charge is 0.497 e. The molecule has 0 fully saturated rings. The van der Waals surface area contributed by atoms with Crippen LogP contribution in [0.15, 0.2) is 48.7 Å². The standard InChI is InChI=1S/C22H21FN4O3S/c1-13-20(11-24-21(28)25-17-10-16(29-2)8-9-19(17)30-3)31-22-26-18(12-27(13)22)14-4-6-15(23)7-5-14/h4-10,12H,11H2,1-3H3,(H2,24,25,28). The van der Waals surface area contributed by atoms with Crippen molar-refractivity contribution in [3.05, 3.63) is 65.0 Å². The fourth-order valence-electron chi connectivity index (χ4n) is 3.16. The fraction of sp³-hybridized carbons (Fsp3) is 0.182. The van der Waals surface area contributed by atoms with Crippen molar-refractivity contribution in [2.75, 3.05) is 19.5 Å². The van der Waals surface area contributed by atoms with Crippen LogP contribution in [0, 0.1) is 12.7 Å². The molecule has 2 N–H and O–H groups in total. The molecule has 2 aromatic heterocycles. The van der Waals surface area contributed by atoms with E-state index in [1.54, 1.807) is 37.4 Å². The van der Waals surface area contributed by atoms with Gasteiger partial charge in [-0.1, -0.05) is 11.3 Å². The Kier molecular flexibility index (Phi) is 5.77. The topological polar surface area (TPSA) is 76.9 Å². The van der Waals surface area contributed by atoms with E-state index in [1.165, 1.54) is 30.6 Å². The number of hydrogen-bond acceptors (Lipinski definition) is 5. The average Bonchev–Trinajstić information content (AvgIpc) is 3.32. The number of hydrogen-bond donors (Lipinski definition) is 2. The smallest absolute Gasteiger partial charge is 0.319 e. The number of carbonyl (C=O) groups excluding carboxylic acids is 1. The fourth-order valence-corrected chi connectivity index (χ4v) is 4.20. The van der Waals surface area contributed by atoms with Gasteiger partial charge in [0.25, 0.3) is 0 Å². The molecule has 0 radical (unpaired) electrons. The number of carbonyl (C=O) groups is 1. The van der Waals surface area contributed by atoms with Gasteiger partial charge in [-0.05, 0) is 43.3 Å². The number of fused-ring (bicyclic) bond motifs is 1. The average molecular weight is 441 g/mol. The van der Waals surface area contributed by atoms with Gasteiger partial charge in [0.05, 0.1) is 32.1 Å². The first-order chi connectivity index (χ1) is 15.0. The number of amides is 2. The predicted molar refractivity (Wildman–Crippen MR) is 119 cm³/mol. The zero-order valence-electron chi connectivity index (χ0n) is 17.2. The van der Waals surface area contributed by atoms with Crippen LogP contribution in [0.25, 0.3) is 16.2 Å². The molecule has 160 valence electrons. The molecule has 2 aromatic carbocycles. The normalized spacial score (nSPS) is 10.8. The molecule has 0 unspecified atom stereocenters. The quantitative estimate of drug-likeness (QED) is 0.449. The predicted octanol–water partition coefficient (Wildman–Crippen LogP) is 4.85. The van der Waals surface area contributed by atoms with Crippen molar-refractivity contribution in [3.63, 3.8) is 0 Å². The zero-order valence-corrected chi connectivity index (χ0v) is 18.0. The molecule has 2 heterocycles. The number of ether oxygens (including phenoxy) is 2. The maximum Gasteiger partial charge on any atom is 0.319 e. The number of nitrogens with zero attached hydrogens (tertiary/aromatic N) is 2. The van der Waals surface area contributed by atoms with Crippen LogP contribution in [-0.2, 0) is 6.54 Å². The second-order valence-electron chi connectivity index (χ2n) is 6.77. The van der Waals surface area contributed by atoms with Crippen molar-refractivity contribution in [1.82, 2.24) is 14.7 Å². The van der Waals surface area contributed by atoms with Gasteiger partial charge in [-0.15, -0.1) is 0 Å². The third-order valence-corrected chi connectivity index (χ3v) is 6.01. The monoisotopic (exact) mass is 440 g/mol. The van der Waals surface area contributed by atoms with Crippen LogP contribution in [0.5, 0.6) is 11.5 Å². The van der Waals surface area contributed by atoms with Crippen molar-refractivity contribution >= 4 is 28.0 Å². The SMILES string of the molecule is COc1ccc(OC)c(NC(=O)NCc2sc3nc(-c4ccc(F)cc4)cn3c2C)c1. The molecular weight excluding hydrogens is 419 g/mol. The minimum Gasteiger partial charge on any atom is -0.497 e. The van der Waals surface area contributed by atoms with Gasteiger partial charge in [-0.3, -0.25) is 4.40 Å². The Morgan fingerprint density at radius 1 is 1.16 bits per heavy atom. The van der Waals surface area contributed by atoms with Crippen molar-refractivity contribution in [2.24, 2.45) is 0 Å². The van der Waals surface area contributed by atoms with Gasteiger partial charge >= 0.3 is 6.03 Å². The minimum atomic E-state index is -0.357. The van der Waals surface area contributed by atoms with Gasteiger partial charge in [0, 0.05) is 28.4 Å². The summed E-state index contributed by atoms with van der Waals surface area (Å²) in [4.78, 5) is 18.8. The van der Waals surface area contributed by atoms with Gasteiger partial charge < -0.3 is 20.1 Å². The lowest BCUT2D eigenvalue weighted by Crippen LogP contribution is -2.28. The number of anilines is 1. The molecule has 0 aliphatic carbocycles. The first kappa shape index (κ1) is 20.7. The number of methoxy groups -OCH3 is 2. The van der Waals surface area contributed by atoms with Gasteiger partial charge in [0.15, 0.2) is 4.96 Å². The van der Waals surface area contributed by atoms with Gasteiger partial charge in [0.2, 0.25) is 0 Å². The van der Waals surface area contributed by atoms with Crippen LogP contribution in [0.3, 0.4) is 0 Å². The molecule has 0 spiro atoms. The molecule has 0 aliphatic rings. The Bertz CT molecular complexity index is 1230. The van der Waals surface area contributed by atoms with Gasteiger partial charge in [-0.25, -0.2) is 14.2 Å². The van der Waals surface area contributed by atoms with E-state index < -0.39 is 0 Å².